The third kappa shape index (κ3) is 8.72. The molecule has 2 aliphatic carbocycles. The second-order valence-corrected chi connectivity index (χ2v) is 19.9. The number of ether oxygens (including phenoxy) is 3. The van der Waals surface area contributed by atoms with E-state index in [4.69, 9.17) is 14.2 Å². The van der Waals surface area contributed by atoms with Gasteiger partial charge in [0.05, 0.1) is 67.4 Å². The highest BCUT2D eigenvalue weighted by Gasteiger charge is 2.36. The summed E-state index contributed by atoms with van der Waals surface area (Å²) in [6.07, 6.45) is 12.1. The van der Waals surface area contributed by atoms with Gasteiger partial charge in [0.25, 0.3) is 0 Å². The number of carboxylic acid groups (broad SMARTS) is 1. The van der Waals surface area contributed by atoms with Crippen LogP contribution < -0.4 is 9.80 Å². The Morgan fingerprint density at radius 3 is 1.38 bits per heavy atom. The van der Waals surface area contributed by atoms with Crippen molar-refractivity contribution in [2.45, 2.75) is 89.1 Å². The number of anilines is 2. The Hall–Kier alpha value is -6.64. The van der Waals surface area contributed by atoms with Crippen molar-refractivity contribution in [3.63, 3.8) is 0 Å². The fourth-order valence-electron chi connectivity index (χ4n) is 12.5. The van der Waals surface area contributed by atoms with Crippen molar-refractivity contribution < 1.29 is 38.5 Å². The van der Waals surface area contributed by atoms with Gasteiger partial charge in [-0.1, -0.05) is 87.1 Å². The minimum atomic E-state index is -0.917. The molecular weight excluding hydrogens is 897 g/mol. The summed E-state index contributed by atoms with van der Waals surface area (Å²) < 4.78 is 20.6. The number of morpholine rings is 2. The summed E-state index contributed by atoms with van der Waals surface area (Å²) in [6.45, 7) is 7.09. The lowest BCUT2D eigenvalue weighted by Crippen LogP contribution is -2.49. The van der Waals surface area contributed by atoms with Gasteiger partial charge in [0, 0.05) is 85.3 Å². The van der Waals surface area contributed by atoms with E-state index in [9.17, 15) is 24.3 Å². The lowest BCUT2D eigenvalue weighted by molar-refractivity contribution is 0.0548. The number of carboxylic acids is 1. The van der Waals surface area contributed by atoms with Crippen LogP contribution in [0.5, 0.6) is 0 Å². The van der Waals surface area contributed by atoms with Crippen LogP contribution in [0.1, 0.15) is 108 Å². The number of para-hydroxylation sites is 2. The van der Waals surface area contributed by atoms with Gasteiger partial charge in [-0.15, -0.1) is 0 Å². The lowest BCUT2D eigenvalue weighted by atomic mass is 9.81. The summed E-state index contributed by atoms with van der Waals surface area (Å²) in [5.41, 5.74) is 11.9. The van der Waals surface area contributed by atoms with Crippen LogP contribution in [0.25, 0.3) is 44.3 Å². The van der Waals surface area contributed by atoms with Gasteiger partial charge >= 0.3 is 24.0 Å². The van der Waals surface area contributed by atoms with E-state index in [1.807, 2.05) is 68.1 Å². The van der Waals surface area contributed by atoms with Crippen LogP contribution in [0.15, 0.2) is 84.9 Å². The fourth-order valence-corrected chi connectivity index (χ4v) is 12.5. The highest BCUT2D eigenvalue weighted by molar-refractivity contribution is 6.04. The van der Waals surface area contributed by atoms with E-state index in [-0.39, 0.29) is 18.0 Å². The average Bonchev–Trinajstić information content (AvgIpc) is 3.79. The number of methoxy groups -OCH3 is 1. The molecule has 370 valence electrons. The topological polar surface area (TPSA) is 139 Å². The SMILES string of the molecule is COC(=O)c1ccc2c(C3CCCCC3)c3n(c2c1)CCN(C(=O)N1CCOCC1)c1ccccc1-3.O=C(O)c1ccc2c(C3CCCCC3)c3n(c2c1)CCN(C(=O)N1CCOCC1)c1ccccc1-3. The molecule has 6 aliphatic rings. The lowest BCUT2D eigenvalue weighted by Gasteiger charge is -2.33. The molecule has 0 spiro atoms. The minimum Gasteiger partial charge on any atom is -0.478 e. The molecule has 6 heterocycles. The van der Waals surface area contributed by atoms with Crippen molar-refractivity contribution in [2.75, 3.05) is 82.6 Å². The molecule has 0 radical (unpaired) electrons. The number of fused-ring (bicyclic) bond motifs is 10. The molecule has 4 aromatic carbocycles. The number of aromatic carboxylic acids is 1. The quantitative estimate of drug-likeness (QED) is 0.172. The second kappa shape index (κ2) is 20.2. The summed E-state index contributed by atoms with van der Waals surface area (Å²) in [5.74, 6) is -0.339. The van der Waals surface area contributed by atoms with Crippen LogP contribution in [0, 0.1) is 0 Å². The second-order valence-electron chi connectivity index (χ2n) is 19.9. The molecule has 4 amide bonds. The van der Waals surface area contributed by atoms with Crippen molar-refractivity contribution in [3.05, 3.63) is 107 Å². The monoisotopic (exact) mass is 960 g/mol. The molecule has 71 heavy (non-hydrogen) atoms. The van der Waals surface area contributed by atoms with E-state index in [1.54, 1.807) is 6.07 Å². The Morgan fingerprint density at radius 2 is 0.944 bits per heavy atom. The number of urea groups is 2. The zero-order chi connectivity index (χ0) is 48.6. The van der Waals surface area contributed by atoms with Gasteiger partial charge in [0.1, 0.15) is 0 Å². The molecule has 0 bridgehead atoms. The molecule has 0 atom stereocenters. The predicted octanol–water partition coefficient (Wildman–Crippen LogP) is 10.7. The van der Waals surface area contributed by atoms with Crippen LogP contribution >= 0.6 is 0 Å². The standard InChI is InChI=1S/C29H33N3O4.C28H31N3O4/c1-35-28(33)21-11-12-22-25(19-21)31-13-14-32(29(34)30-15-17-36-18-16-30)24-10-6-5-9-23(24)27(31)26(22)20-7-3-2-4-8-20;32-27(33)20-10-11-21-24(18-20)30-12-13-31(28(34)29-14-16-35-17-15-29)23-9-5-4-8-22(23)26(30)25(21)19-6-2-1-3-7-19/h5-6,9-12,19-20H,2-4,7-8,13-18H2,1H3;4-5,8-11,18-19H,1-3,6-7,12-17H2,(H,32,33). The Labute approximate surface area is 414 Å². The molecule has 4 fully saturated rings. The molecule has 2 aromatic heterocycles. The third-order valence-electron chi connectivity index (χ3n) is 15.9. The number of amides is 4. The minimum absolute atomic E-state index is 0.0150. The summed E-state index contributed by atoms with van der Waals surface area (Å²) in [6, 6.07) is 28.1. The Kier molecular flexibility index (Phi) is 13.3. The summed E-state index contributed by atoms with van der Waals surface area (Å²) in [5, 5.41) is 12.1. The molecule has 2 saturated carbocycles. The normalized spacial score (nSPS) is 18.6. The Balaban J connectivity index is 0.000000154. The molecule has 14 nitrogen and oxygen atoms in total. The van der Waals surface area contributed by atoms with Crippen molar-refractivity contribution in [3.8, 4) is 22.5 Å². The van der Waals surface area contributed by atoms with Gasteiger partial charge in [0.2, 0.25) is 0 Å². The molecular formula is C57H64N6O8. The molecule has 6 aromatic rings. The molecule has 12 rings (SSSR count). The van der Waals surface area contributed by atoms with Gasteiger partial charge in [-0.3, -0.25) is 9.80 Å². The van der Waals surface area contributed by atoms with E-state index in [1.165, 1.54) is 80.7 Å². The van der Waals surface area contributed by atoms with E-state index in [2.05, 4.69) is 39.5 Å². The fraction of sp³-hybridized carbons (Fsp3) is 0.439. The Morgan fingerprint density at radius 1 is 0.521 bits per heavy atom. The summed E-state index contributed by atoms with van der Waals surface area (Å²) in [4.78, 5) is 59.2. The van der Waals surface area contributed by atoms with Crippen LogP contribution in [0.4, 0.5) is 21.0 Å². The van der Waals surface area contributed by atoms with Crippen LogP contribution in [-0.2, 0) is 27.3 Å². The Bertz CT molecular complexity index is 2990. The van der Waals surface area contributed by atoms with Crippen molar-refractivity contribution in [1.82, 2.24) is 18.9 Å². The van der Waals surface area contributed by atoms with Crippen molar-refractivity contribution in [1.29, 1.82) is 0 Å². The average molecular weight is 961 g/mol. The van der Waals surface area contributed by atoms with E-state index in [0.717, 1.165) is 57.5 Å². The summed E-state index contributed by atoms with van der Waals surface area (Å²) >= 11 is 0. The van der Waals surface area contributed by atoms with Gasteiger partial charge in [0.15, 0.2) is 0 Å². The van der Waals surface area contributed by atoms with E-state index < -0.39 is 5.97 Å². The van der Waals surface area contributed by atoms with Gasteiger partial charge in [-0.05, 0) is 85.0 Å². The highest BCUT2D eigenvalue weighted by Crippen LogP contribution is 2.49. The van der Waals surface area contributed by atoms with Crippen LogP contribution in [0.3, 0.4) is 0 Å². The molecule has 0 unspecified atom stereocenters. The third-order valence-corrected chi connectivity index (χ3v) is 15.9. The van der Waals surface area contributed by atoms with Crippen molar-refractivity contribution >= 4 is 57.2 Å². The number of carbonyl (C=O) groups is 4. The van der Waals surface area contributed by atoms with Gasteiger partial charge in [-0.2, -0.15) is 0 Å². The maximum atomic E-state index is 13.7. The molecule has 1 N–H and O–H groups in total. The number of hydrogen-bond acceptors (Lipinski definition) is 7. The zero-order valence-electron chi connectivity index (χ0n) is 40.8. The van der Waals surface area contributed by atoms with Crippen LogP contribution in [-0.4, -0.2) is 121 Å². The van der Waals surface area contributed by atoms with E-state index in [0.29, 0.717) is 102 Å². The van der Waals surface area contributed by atoms with Crippen molar-refractivity contribution in [2.24, 2.45) is 0 Å². The maximum Gasteiger partial charge on any atom is 0.337 e. The molecule has 14 heteroatoms. The van der Waals surface area contributed by atoms with E-state index >= 15 is 0 Å². The first-order valence-electron chi connectivity index (χ1n) is 25.9. The first-order chi connectivity index (χ1) is 34.8. The first kappa shape index (κ1) is 46.7. The number of nitrogens with zero attached hydrogens (tertiary/aromatic N) is 6. The predicted molar refractivity (Wildman–Crippen MR) is 275 cm³/mol. The molecule has 2 saturated heterocycles. The van der Waals surface area contributed by atoms with Gasteiger partial charge in [-0.25, -0.2) is 19.2 Å². The number of esters is 1. The molecule has 4 aliphatic heterocycles. The van der Waals surface area contributed by atoms with Crippen LogP contribution in [0.2, 0.25) is 0 Å². The smallest absolute Gasteiger partial charge is 0.337 e. The summed E-state index contributed by atoms with van der Waals surface area (Å²) in [7, 11) is 1.42. The number of benzene rings is 4. The zero-order valence-corrected chi connectivity index (χ0v) is 40.8. The number of rotatable bonds is 4. The largest absolute Gasteiger partial charge is 0.478 e. The van der Waals surface area contributed by atoms with Gasteiger partial charge < -0.3 is 38.3 Å². The first-order valence-corrected chi connectivity index (χ1v) is 25.9. The number of aromatic nitrogens is 2. The highest BCUT2D eigenvalue weighted by atomic mass is 16.5. The number of carbonyl (C=O) groups excluding carboxylic acids is 3. The number of hydrogen-bond donors (Lipinski definition) is 1. The maximum absolute atomic E-state index is 13.7.